The SMILES string of the molecule is N.O=C(O)CS.O=C([O-])CS.[Na+]. The van der Waals surface area contributed by atoms with Gasteiger partial charge in [0.05, 0.1) is 11.7 Å². The van der Waals surface area contributed by atoms with Gasteiger partial charge in [-0.05, 0) is 0 Å². The standard InChI is InChI=1S/2C2H4O2S.H3N.Na/c2*3-2(4)1-5;;/h2*5H,1H2,(H,3,4);1H3;/q;;;+1/p-1. The molecule has 0 heterocycles. The number of carboxylic acids is 2. The first kappa shape index (κ1) is 22.9. The smallest absolute Gasteiger partial charge is 0.549 e. The van der Waals surface area contributed by atoms with Crippen LogP contribution >= 0.6 is 25.3 Å². The van der Waals surface area contributed by atoms with E-state index in [4.69, 9.17) is 5.11 Å². The van der Waals surface area contributed by atoms with Crippen molar-refractivity contribution in [2.24, 2.45) is 0 Å². The molecular weight excluding hydrogens is 213 g/mol. The van der Waals surface area contributed by atoms with Crippen LogP contribution in [0.4, 0.5) is 0 Å². The molecule has 8 heteroatoms. The molecule has 0 radical (unpaired) electrons. The van der Waals surface area contributed by atoms with Crippen LogP contribution in [0.1, 0.15) is 0 Å². The van der Waals surface area contributed by atoms with Gasteiger partial charge in [-0.2, -0.15) is 25.3 Å². The fraction of sp³-hybridized carbons (Fsp3) is 0.500. The van der Waals surface area contributed by atoms with E-state index in [0.717, 1.165) is 0 Å². The molecule has 0 aromatic rings. The van der Waals surface area contributed by atoms with Crippen molar-refractivity contribution in [3.05, 3.63) is 0 Å². The molecule has 0 aliphatic heterocycles. The fourth-order valence-corrected chi connectivity index (χ4v) is 0. The Morgan fingerprint density at radius 1 is 1.25 bits per heavy atom. The summed E-state index contributed by atoms with van der Waals surface area (Å²) in [7, 11) is 0. The monoisotopic (exact) mass is 223 g/mol. The molecule has 0 aromatic carbocycles. The van der Waals surface area contributed by atoms with Crippen LogP contribution in [-0.4, -0.2) is 28.6 Å². The summed E-state index contributed by atoms with van der Waals surface area (Å²) < 4.78 is 0. The van der Waals surface area contributed by atoms with Gasteiger partial charge in [-0.3, -0.25) is 4.79 Å². The van der Waals surface area contributed by atoms with E-state index in [0.29, 0.717) is 0 Å². The van der Waals surface area contributed by atoms with E-state index >= 15 is 0 Å². The molecule has 0 unspecified atom stereocenters. The van der Waals surface area contributed by atoms with Crippen LogP contribution in [0.3, 0.4) is 0 Å². The second-order valence-electron chi connectivity index (χ2n) is 1.08. The van der Waals surface area contributed by atoms with Crippen molar-refractivity contribution in [2.75, 3.05) is 11.5 Å². The minimum atomic E-state index is -1.13. The largest absolute Gasteiger partial charge is 1.00 e. The molecule has 0 amide bonds. The van der Waals surface area contributed by atoms with Gasteiger partial charge in [0.15, 0.2) is 0 Å². The van der Waals surface area contributed by atoms with Gasteiger partial charge >= 0.3 is 35.5 Å². The van der Waals surface area contributed by atoms with Crippen molar-refractivity contribution in [3.8, 4) is 0 Å². The molecule has 68 valence electrons. The second-order valence-corrected chi connectivity index (χ2v) is 1.71. The summed E-state index contributed by atoms with van der Waals surface area (Å²) in [5, 5.41) is 16.8. The van der Waals surface area contributed by atoms with Crippen molar-refractivity contribution in [3.63, 3.8) is 0 Å². The third-order valence-corrected chi connectivity index (χ3v) is 0.793. The molecule has 0 aliphatic rings. The van der Waals surface area contributed by atoms with E-state index in [2.05, 4.69) is 25.3 Å². The first-order valence-electron chi connectivity index (χ1n) is 2.18. The van der Waals surface area contributed by atoms with Gasteiger partial charge in [-0.25, -0.2) is 0 Å². The summed E-state index contributed by atoms with van der Waals surface area (Å²) in [5.74, 6) is -2.29. The maximum Gasteiger partial charge on any atom is 1.00 e. The Bertz CT molecular complexity index is 110. The molecule has 0 rings (SSSR count). The predicted octanol–water partition coefficient (Wildman–Crippen LogP) is -4.17. The summed E-state index contributed by atoms with van der Waals surface area (Å²) in [6, 6.07) is 0. The zero-order valence-electron chi connectivity index (χ0n) is 6.69. The van der Waals surface area contributed by atoms with Crippen LogP contribution in [0.5, 0.6) is 0 Å². The van der Waals surface area contributed by atoms with Crippen LogP contribution in [0, 0.1) is 0 Å². The molecule has 0 aliphatic carbocycles. The minimum Gasteiger partial charge on any atom is -0.549 e. The van der Waals surface area contributed by atoms with E-state index in [1.165, 1.54) is 0 Å². The topological polar surface area (TPSA) is 112 Å². The Hall–Kier alpha value is 0.600. The second kappa shape index (κ2) is 17.6. The van der Waals surface area contributed by atoms with Crippen molar-refractivity contribution in [1.82, 2.24) is 6.15 Å². The molecule has 0 atom stereocenters. The van der Waals surface area contributed by atoms with Gasteiger partial charge in [0.1, 0.15) is 0 Å². The number of hydrogen-bond acceptors (Lipinski definition) is 6. The van der Waals surface area contributed by atoms with Gasteiger partial charge < -0.3 is 21.2 Å². The third kappa shape index (κ3) is 46.2. The van der Waals surface area contributed by atoms with E-state index in [-0.39, 0.29) is 47.2 Å². The van der Waals surface area contributed by atoms with E-state index in [1.54, 1.807) is 0 Å². The molecule has 4 N–H and O–H groups in total. The van der Waals surface area contributed by atoms with Gasteiger partial charge in [0.2, 0.25) is 0 Å². The number of aliphatic carboxylic acids is 2. The van der Waals surface area contributed by atoms with Crippen LogP contribution in [0.15, 0.2) is 0 Å². The summed E-state index contributed by atoms with van der Waals surface area (Å²) in [6.45, 7) is 0. The Labute approximate surface area is 104 Å². The van der Waals surface area contributed by atoms with Crippen molar-refractivity contribution in [1.29, 1.82) is 0 Å². The molecule has 0 aromatic heterocycles. The number of hydrogen-bond donors (Lipinski definition) is 4. The molecular formula is C4H10NNaO4S2. The summed E-state index contributed by atoms with van der Waals surface area (Å²) in [6.07, 6.45) is 0. The average molecular weight is 223 g/mol. The minimum absolute atomic E-state index is 0. The summed E-state index contributed by atoms with van der Waals surface area (Å²) in [4.78, 5) is 18.5. The molecule has 0 saturated heterocycles. The molecule has 0 fully saturated rings. The third-order valence-electron chi connectivity index (χ3n) is 0.264. The Morgan fingerprint density at radius 3 is 1.42 bits per heavy atom. The van der Waals surface area contributed by atoms with Crippen molar-refractivity contribution >= 4 is 37.2 Å². The van der Waals surface area contributed by atoms with Gasteiger partial charge in [0.25, 0.3) is 0 Å². The summed E-state index contributed by atoms with van der Waals surface area (Å²) in [5.41, 5.74) is 0. The van der Waals surface area contributed by atoms with Crippen LogP contribution in [0.2, 0.25) is 0 Å². The van der Waals surface area contributed by atoms with Crippen LogP contribution in [0.25, 0.3) is 0 Å². The Morgan fingerprint density at radius 2 is 1.42 bits per heavy atom. The van der Waals surface area contributed by atoms with Crippen molar-refractivity contribution in [2.45, 2.75) is 0 Å². The van der Waals surface area contributed by atoms with E-state index < -0.39 is 11.9 Å². The van der Waals surface area contributed by atoms with Gasteiger partial charge in [-0.1, -0.05) is 0 Å². The number of carboxylic acid groups (broad SMARTS) is 2. The van der Waals surface area contributed by atoms with Gasteiger partial charge in [0, 0.05) is 5.75 Å². The first-order chi connectivity index (χ1) is 4.54. The maximum atomic E-state index is 9.29. The normalized spacial score (nSPS) is 6.17. The number of carbonyl (C=O) groups excluding carboxylic acids is 1. The number of rotatable bonds is 2. The molecule has 0 spiro atoms. The van der Waals surface area contributed by atoms with Crippen LogP contribution in [-0.2, 0) is 9.59 Å². The zero-order chi connectivity index (χ0) is 8.57. The molecule has 0 bridgehead atoms. The quantitative estimate of drug-likeness (QED) is 0.280. The number of carbonyl (C=O) groups is 2. The zero-order valence-corrected chi connectivity index (χ0v) is 10.5. The van der Waals surface area contributed by atoms with E-state index in [9.17, 15) is 14.7 Å². The molecule has 5 nitrogen and oxygen atoms in total. The predicted molar refractivity (Wildman–Crippen MR) is 45.4 cm³/mol. The van der Waals surface area contributed by atoms with Crippen LogP contribution < -0.4 is 40.8 Å². The summed E-state index contributed by atoms with van der Waals surface area (Å²) >= 11 is 6.77. The van der Waals surface area contributed by atoms with Crippen molar-refractivity contribution < 1.29 is 49.4 Å². The Kier molecular flexibility index (Phi) is 33.7. The fourth-order valence-electron chi connectivity index (χ4n) is 0. The molecule has 0 saturated carbocycles. The maximum absolute atomic E-state index is 9.29. The van der Waals surface area contributed by atoms with Gasteiger partial charge in [-0.15, -0.1) is 0 Å². The number of thiol groups is 2. The first-order valence-corrected chi connectivity index (χ1v) is 3.44. The van der Waals surface area contributed by atoms with E-state index in [1.807, 2.05) is 0 Å². The Balaban J connectivity index is -0.0000000457. The average Bonchev–Trinajstić information content (AvgIpc) is 1.89. The molecule has 12 heavy (non-hydrogen) atoms.